The van der Waals surface area contributed by atoms with Gasteiger partial charge in [-0.15, -0.1) is 0 Å². The van der Waals surface area contributed by atoms with E-state index in [1.54, 1.807) is 19.5 Å². The maximum Gasteiger partial charge on any atom is 0.228 e. The normalized spacial score (nSPS) is 12.6. The molecule has 90 valence electrons. The van der Waals surface area contributed by atoms with Crippen molar-refractivity contribution < 1.29 is 9.26 Å². The molecule has 0 saturated heterocycles. The lowest BCUT2D eigenvalue weighted by Gasteiger charge is -2.05. The van der Waals surface area contributed by atoms with Gasteiger partial charge in [-0.2, -0.15) is 4.98 Å². The average molecular weight is 234 g/mol. The summed E-state index contributed by atoms with van der Waals surface area (Å²) < 4.78 is 10.1. The van der Waals surface area contributed by atoms with Crippen LogP contribution in [0.4, 0.5) is 0 Å². The van der Waals surface area contributed by atoms with E-state index in [0.717, 1.165) is 5.56 Å². The van der Waals surface area contributed by atoms with Crippen molar-refractivity contribution in [2.24, 2.45) is 5.73 Å². The van der Waals surface area contributed by atoms with Crippen LogP contribution in [0, 0.1) is 0 Å². The van der Waals surface area contributed by atoms with Crippen LogP contribution >= 0.6 is 0 Å². The number of nitrogens with zero attached hydrogens (tertiary/aromatic N) is 3. The molecule has 0 amide bonds. The zero-order valence-electron chi connectivity index (χ0n) is 9.54. The van der Waals surface area contributed by atoms with Crippen LogP contribution < -0.4 is 5.73 Å². The Bertz CT molecular complexity index is 458. The highest BCUT2D eigenvalue weighted by Gasteiger charge is 2.12. The summed E-state index contributed by atoms with van der Waals surface area (Å²) in [4.78, 5) is 8.24. The Kier molecular flexibility index (Phi) is 3.79. The van der Waals surface area contributed by atoms with Crippen LogP contribution in [0.15, 0.2) is 29.0 Å². The van der Waals surface area contributed by atoms with Crippen LogP contribution in [0.3, 0.4) is 0 Å². The predicted octanol–water partition coefficient (Wildman–Crippen LogP) is 0.648. The highest BCUT2D eigenvalue weighted by molar-refractivity contribution is 5.51. The number of methoxy groups -OCH3 is 1. The molecular formula is C11H14N4O2. The molecule has 0 aromatic carbocycles. The van der Waals surface area contributed by atoms with Crippen LogP contribution in [-0.4, -0.2) is 34.9 Å². The van der Waals surface area contributed by atoms with Crippen LogP contribution in [0.5, 0.6) is 0 Å². The Balaban J connectivity index is 2.06. The van der Waals surface area contributed by atoms with Crippen LogP contribution in [0.25, 0.3) is 11.4 Å². The lowest BCUT2D eigenvalue weighted by atomic mass is 10.2. The summed E-state index contributed by atoms with van der Waals surface area (Å²) in [5.41, 5.74) is 6.62. The fraction of sp³-hybridized carbons (Fsp3) is 0.364. The second kappa shape index (κ2) is 5.51. The largest absolute Gasteiger partial charge is 0.383 e. The first-order valence-electron chi connectivity index (χ1n) is 5.27. The summed E-state index contributed by atoms with van der Waals surface area (Å²) in [6.45, 7) is 0.463. The fourth-order valence-electron chi connectivity index (χ4n) is 1.45. The highest BCUT2D eigenvalue weighted by Crippen LogP contribution is 2.14. The summed E-state index contributed by atoms with van der Waals surface area (Å²) in [6.07, 6.45) is 3.88. The van der Waals surface area contributed by atoms with Crippen molar-refractivity contribution in [3.05, 3.63) is 30.4 Å². The molecule has 0 aliphatic carbocycles. The molecule has 0 spiro atoms. The summed E-state index contributed by atoms with van der Waals surface area (Å²) in [6, 6.07) is 3.56. The molecule has 17 heavy (non-hydrogen) atoms. The first-order valence-corrected chi connectivity index (χ1v) is 5.27. The van der Waals surface area contributed by atoms with Gasteiger partial charge in [0.15, 0.2) is 0 Å². The minimum absolute atomic E-state index is 0.137. The molecule has 0 aliphatic rings. The van der Waals surface area contributed by atoms with Gasteiger partial charge in [-0.25, -0.2) is 0 Å². The zero-order chi connectivity index (χ0) is 12.1. The van der Waals surface area contributed by atoms with Crippen molar-refractivity contribution in [3.63, 3.8) is 0 Å². The van der Waals surface area contributed by atoms with Crippen molar-refractivity contribution in [2.45, 2.75) is 12.5 Å². The van der Waals surface area contributed by atoms with Gasteiger partial charge < -0.3 is 15.0 Å². The second-order valence-corrected chi connectivity index (χ2v) is 3.67. The summed E-state index contributed by atoms with van der Waals surface area (Å²) >= 11 is 0. The summed E-state index contributed by atoms with van der Waals surface area (Å²) in [5, 5.41) is 3.88. The molecule has 0 bridgehead atoms. The number of hydrogen-bond acceptors (Lipinski definition) is 6. The van der Waals surface area contributed by atoms with E-state index in [-0.39, 0.29) is 6.04 Å². The molecule has 6 nitrogen and oxygen atoms in total. The van der Waals surface area contributed by atoms with E-state index in [0.29, 0.717) is 24.7 Å². The second-order valence-electron chi connectivity index (χ2n) is 3.67. The van der Waals surface area contributed by atoms with Gasteiger partial charge in [0, 0.05) is 37.5 Å². The molecule has 6 heteroatoms. The molecule has 1 unspecified atom stereocenters. The topological polar surface area (TPSA) is 87.1 Å². The van der Waals surface area contributed by atoms with Gasteiger partial charge in [-0.05, 0) is 12.1 Å². The molecule has 0 radical (unpaired) electrons. The Morgan fingerprint density at radius 2 is 2.41 bits per heavy atom. The molecule has 2 aromatic rings. The number of nitrogens with two attached hydrogens (primary N) is 1. The van der Waals surface area contributed by atoms with E-state index in [4.69, 9.17) is 15.0 Å². The van der Waals surface area contributed by atoms with Crippen LogP contribution in [-0.2, 0) is 11.2 Å². The standard InChI is InChI=1S/C11H14N4O2/c1-16-7-9(12)5-10-14-11(15-17-10)8-3-2-4-13-6-8/h2-4,6,9H,5,7,12H2,1H3. The van der Waals surface area contributed by atoms with E-state index in [1.807, 2.05) is 12.1 Å². The quantitative estimate of drug-likeness (QED) is 0.817. The lowest BCUT2D eigenvalue weighted by Crippen LogP contribution is -2.28. The SMILES string of the molecule is COCC(N)Cc1nc(-c2cccnc2)no1. The Morgan fingerprint density at radius 3 is 3.12 bits per heavy atom. The monoisotopic (exact) mass is 234 g/mol. The number of hydrogen-bond donors (Lipinski definition) is 1. The van der Waals surface area contributed by atoms with Gasteiger partial charge in [-0.3, -0.25) is 4.98 Å². The van der Waals surface area contributed by atoms with Crippen molar-refractivity contribution in [3.8, 4) is 11.4 Å². The number of rotatable bonds is 5. The van der Waals surface area contributed by atoms with Gasteiger partial charge in [0.25, 0.3) is 0 Å². The van der Waals surface area contributed by atoms with Gasteiger partial charge in [0.1, 0.15) is 0 Å². The summed E-state index contributed by atoms with van der Waals surface area (Å²) in [5.74, 6) is 1.03. The molecule has 0 aliphatic heterocycles. The van der Waals surface area contributed by atoms with Crippen molar-refractivity contribution in [1.29, 1.82) is 0 Å². The van der Waals surface area contributed by atoms with Crippen molar-refractivity contribution >= 4 is 0 Å². The van der Waals surface area contributed by atoms with E-state index in [2.05, 4.69) is 15.1 Å². The fourth-order valence-corrected chi connectivity index (χ4v) is 1.45. The van der Waals surface area contributed by atoms with Gasteiger partial charge in [-0.1, -0.05) is 5.16 Å². The maximum absolute atomic E-state index is 5.80. The van der Waals surface area contributed by atoms with Crippen molar-refractivity contribution in [2.75, 3.05) is 13.7 Å². The number of ether oxygens (including phenoxy) is 1. The Hall–Kier alpha value is -1.79. The third-order valence-corrected chi connectivity index (χ3v) is 2.21. The predicted molar refractivity (Wildman–Crippen MR) is 61.1 cm³/mol. The smallest absolute Gasteiger partial charge is 0.228 e. The molecule has 2 rings (SSSR count). The number of aromatic nitrogens is 3. The molecule has 0 saturated carbocycles. The lowest BCUT2D eigenvalue weighted by molar-refractivity contribution is 0.176. The molecule has 0 fully saturated rings. The van der Waals surface area contributed by atoms with E-state index in [9.17, 15) is 0 Å². The molecule has 2 heterocycles. The Labute approximate surface area is 98.8 Å². The third-order valence-electron chi connectivity index (χ3n) is 2.21. The van der Waals surface area contributed by atoms with Gasteiger partial charge >= 0.3 is 0 Å². The maximum atomic E-state index is 5.80. The first-order chi connectivity index (χ1) is 8.29. The molecule has 2 N–H and O–H groups in total. The minimum Gasteiger partial charge on any atom is -0.383 e. The molecular weight excluding hydrogens is 220 g/mol. The van der Waals surface area contributed by atoms with E-state index in [1.165, 1.54) is 0 Å². The third kappa shape index (κ3) is 3.08. The minimum atomic E-state index is -0.137. The number of pyridine rings is 1. The van der Waals surface area contributed by atoms with Crippen LogP contribution in [0.1, 0.15) is 5.89 Å². The Morgan fingerprint density at radius 1 is 1.53 bits per heavy atom. The highest BCUT2D eigenvalue weighted by atomic mass is 16.5. The van der Waals surface area contributed by atoms with E-state index >= 15 is 0 Å². The summed E-state index contributed by atoms with van der Waals surface area (Å²) in [7, 11) is 1.61. The van der Waals surface area contributed by atoms with Crippen molar-refractivity contribution in [1.82, 2.24) is 15.1 Å². The molecule has 1 atom stereocenters. The molecule has 2 aromatic heterocycles. The average Bonchev–Trinajstić information content (AvgIpc) is 2.79. The van der Waals surface area contributed by atoms with Gasteiger partial charge in [0.2, 0.25) is 11.7 Å². The van der Waals surface area contributed by atoms with Gasteiger partial charge in [0.05, 0.1) is 6.61 Å². The first kappa shape index (κ1) is 11.7. The zero-order valence-corrected chi connectivity index (χ0v) is 9.54. The van der Waals surface area contributed by atoms with E-state index < -0.39 is 0 Å². The van der Waals surface area contributed by atoms with Crippen LogP contribution in [0.2, 0.25) is 0 Å².